The molecule has 0 amide bonds. The van der Waals surface area contributed by atoms with Gasteiger partial charge in [0, 0.05) is 17.7 Å². The van der Waals surface area contributed by atoms with Crippen LogP contribution in [0.4, 0.5) is 13.2 Å². The Kier molecular flexibility index (Phi) is 5.15. The number of alkyl halides is 3. The molecular formula is C26H24F3NO4. The Morgan fingerprint density at radius 1 is 1.12 bits per heavy atom. The highest BCUT2D eigenvalue weighted by Crippen LogP contribution is 2.68. The Morgan fingerprint density at radius 3 is 2.38 bits per heavy atom. The zero-order valence-corrected chi connectivity index (χ0v) is 18.6. The molecular weight excluding hydrogens is 447 g/mol. The Morgan fingerprint density at radius 2 is 1.79 bits per heavy atom. The molecule has 3 aromatic rings. The van der Waals surface area contributed by atoms with Gasteiger partial charge in [0.2, 0.25) is 5.88 Å². The van der Waals surface area contributed by atoms with Crippen LogP contribution in [0.15, 0.2) is 60.7 Å². The van der Waals surface area contributed by atoms with Crippen molar-refractivity contribution < 1.29 is 32.9 Å². The molecule has 2 heterocycles. The summed E-state index contributed by atoms with van der Waals surface area (Å²) >= 11 is 0. The van der Waals surface area contributed by atoms with Gasteiger partial charge in [-0.2, -0.15) is 13.2 Å². The third-order valence-electron chi connectivity index (χ3n) is 7.05. The molecule has 1 aliphatic heterocycles. The maximum atomic E-state index is 13.3. The lowest BCUT2D eigenvalue weighted by molar-refractivity contribution is -0.150. The van der Waals surface area contributed by atoms with Crippen LogP contribution < -0.4 is 9.47 Å². The summed E-state index contributed by atoms with van der Waals surface area (Å²) in [5.41, 5.74) is -2.44. The molecule has 0 bridgehead atoms. The second kappa shape index (κ2) is 7.71. The number of benzene rings is 2. The number of fused-ring (bicyclic) bond motifs is 3. The summed E-state index contributed by atoms with van der Waals surface area (Å²) in [5, 5.41) is 23.6. The van der Waals surface area contributed by atoms with Crippen molar-refractivity contribution in [2.75, 3.05) is 7.11 Å². The van der Waals surface area contributed by atoms with Gasteiger partial charge in [-0.3, -0.25) is 0 Å². The Hall–Kier alpha value is -3.10. The number of aliphatic hydroxyl groups excluding tert-OH is 1. The van der Waals surface area contributed by atoms with E-state index in [4.69, 9.17) is 9.47 Å². The minimum atomic E-state index is -4.51. The molecule has 2 aromatic carbocycles. The van der Waals surface area contributed by atoms with Crippen LogP contribution in [-0.4, -0.2) is 28.4 Å². The first-order chi connectivity index (χ1) is 16.2. The number of aryl methyl sites for hydroxylation is 1. The molecule has 1 aromatic heterocycles. The highest BCUT2D eigenvalue weighted by Gasteiger charge is 2.73. The van der Waals surface area contributed by atoms with Crippen molar-refractivity contribution in [3.05, 3.63) is 88.6 Å². The topological polar surface area (TPSA) is 71.8 Å². The van der Waals surface area contributed by atoms with E-state index in [0.717, 1.165) is 17.7 Å². The monoisotopic (exact) mass is 471 g/mol. The molecule has 1 fully saturated rings. The van der Waals surface area contributed by atoms with Crippen molar-refractivity contribution >= 4 is 0 Å². The average Bonchev–Trinajstić information content (AvgIpc) is 3.24. The predicted octanol–water partition coefficient (Wildman–Crippen LogP) is 4.70. The van der Waals surface area contributed by atoms with Crippen LogP contribution in [0.5, 0.6) is 11.6 Å². The molecule has 0 saturated heterocycles. The number of aliphatic hydroxyl groups is 2. The van der Waals surface area contributed by atoms with E-state index in [2.05, 4.69) is 4.98 Å². The zero-order chi connectivity index (χ0) is 24.3. The van der Waals surface area contributed by atoms with Crippen LogP contribution in [0.25, 0.3) is 0 Å². The normalized spacial score (nSPS) is 27.7. The molecule has 4 atom stereocenters. The first-order valence-electron chi connectivity index (χ1n) is 11.1. The maximum absolute atomic E-state index is 13.3. The van der Waals surface area contributed by atoms with Crippen molar-refractivity contribution in [2.24, 2.45) is 0 Å². The fourth-order valence-corrected chi connectivity index (χ4v) is 5.50. The van der Waals surface area contributed by atoms with Crippen LogP contribution in [0.1, 0.15) is 47.2 Å². The van der Waals surface area contributed by atoms with Gasteiger partial charge in [-0.1, -0.05) is 49.4 Å². The van der Waals surface area contributed by atoms with E-state index in [1.165, 1.54) is 19.2 Å². The number of nitrogens with zero attached hydrogens (tertiary/aromatic N) is 1. The van der Waals surface area contributed by atoms with E-state index in [1.54, 1.807) is 6.07 Å². The lowest BCUT2D eigenvalue weighted by atomic mass is 9.71. The number of rotatable bonds is 4. The molecule has 2 N–H and O–H groups in total. The van der Waals surface area contributed by atoms with Crippen LogP contribution >= 0.6 is 0 Å². The third-order valence-corrected chi connectivity index (χ3v) is 7.05. The van der Waals surface area contributed by atoms with Gasteiger partial charge in [0.1, 0.15) is 5.75 Å². The second-order valence-electron chi connectivity index (χ2n) is 8.74. The SMILES string of the molecule is CCc1cc2c(c(OC)n1)C1(O)C(O)CC(c3ccccc3)C1(c1ccc(C(F)(F)F)cc1)O2. The molecule has 34 heavy (non-hydrogen) atoms. The fourth-order valence-electron chi connectivity index (χ4n) is 5.50. The van der Waals surface area contributed by atoms with Crippen molar-refractivity contribution in [1.29, 1.82) is 0 Å². The first kappa shape index (κ1) is 22.7. The van der Waals surface area contributed by atoms with Crippen molar-refractivity contribution in [3.8, 4) is 11.6 Å². The van der Waals surface area contributed by atoms with Crippen LogP contribution in [-0.2, 0) is 23.8 Å². The molecule has 0 spiro atoms. The standard InChI is InChI=1S/C26H24F3NO4/c1-3-18-13-20-22(23(30-18)33-2)24(32)21(31)14-19(15-7-5-4-6-8-15)25(24,34-20)16-9-11-17(12-10-16)26(27,28)29/h4-13,19,21,31-32H,3,14H2,1-2H3. The summed E-state index contributed by atoms with van der Waals surface area (Å²) in [5.74, 6) is -0.142. The van der Waals surface area contributed by atoms with E-state index >= 15 is 0 Å². The summed E-state index contributed by atoms with van der Waals surface area (Å²) < 4.78 is 51.9. The Balaban J connectivity index is 1.79. The van der Waals surface area contributed by atoms with Gasteiger partial charge >= 0.3 is 6.18 Å². The van der Waals surface area contributed by atoms with E-state index in [0.29, 0.717) is 23.4 Å². The Bertz CT molecular complexity index is 1220. The number of pyridine rings is 1. The maximum Gasteiger partial charge on any atom is 0.416 e. The van der Waals surface area contributed by atoms with Gasteiger partial charge in [0.05, 0.1) is 24.3 Å². The number of ether oxygens (including phenoxy) is 2. The summed E-state index contributed by atoms with van der Waals surface area (Å²) in [6.45, 7) is 1.91. The van der Waals surface area contributed by atoms with E-state index < -0.39 is 35.0 Å². The second-order valence-corrected chi connectivity index (χ2v) is 8.74. The van der Waals surface area contributed by atoms with Crippen LogP contribution in [0, 0.1) is 0 Å². The number of halogens is 3. The molecule has 2 aliphatic rings. The molecule has 8 heteroatoms. The lowest BCUT2D eigenvalue weighted by Crippen LogP contribution is -2.52. The summed E-state index contributed by atoms with van der Waals surface area (Å²) in [6.07, 6.45) is -5.10. The van der Waals surface area contributed by atoms with Gasteiger partial charge in [-0.25, -0.2) is 4.98 Å². The highest BCUT2D eigenvalue weighted by atomic mass is 19.4. The number of aromatic nitrogens is 1. The third kappa shape index (κ3) is 2.98. The zero-order valence-electron chi connectivity index (χ0n) is 18.6. The molecule has 5 nitrogen and oxygen atoms in total. The largest absolute Gasteiger partial charge is 0.481 e. The molecule has 178 valence electrons. The molecule has 0 radical (unpaired) electrons. The smallest absolute Gasteiger partial charge is 0.416 e. The van der Waals surface area contributed by atoms with E-state index in [1.807, 2.05) is 37.3 Å². The van der Waals surface area contributed by atoms with Gasteiger partial charge < -0.3 is 19.7 Å². The quantitative estimate of drug-likeness (QED) is 0.578. The highest BCUT2D eigenvalue weighted by molar-refractivity contribution is 5.58. The van der Waals surface area contributed by atoms with E-state index in [-0.39, 0.29) is 17.9 Å². The van der Waals surface area contributed by atoms with Gasteiger partial charge in [0.25, 0.3) is 0 Å². The fraction of sp³-hybridized carbons (Fsp3) is 0.346. The summed E-state index contributed by atoms with van der Waals surface area (Å²) in [7, 11) is 1.42. The molecule has 4 unspecified atom stereocenters. The number of hydrogen-bond acceptors (Lipinski definition) is 5. The summed E-state index contributed by atoms with van der Waals surface area (Å²) in [6, 6.07) is 15.5. The van der Waals surface area contributed by atoms with E-state index in [9.17, 15) is 23.4 Å². The van der Waals surface area contributed by atoms with Crippen molar-refractivity contribution in [1.82, 2.24) is 4.98 Å². The minimum absolute atomic E-state index is 0.124. The Labute approximate surface area is 194 Å². The number of hydrogen-bond donors (Lipinski definition) is 2. The molecule has 1 saturated carbocycles. The molecule has 5 rings (SSSR count). The summed E-state index contributed by atoms with van der Waals surface area (Å²) in [4.78, 5) is 4.47. The first-order valence-corrected chi connectivity index (χ1v) is 11.1. The van der Waals surface area contributed by atoms with Gasteiger partial charge in [-0.05, 0) is 36.1 Å². The minimum Gasteiger partial charge on any atom is -0.481 e. The van der Waals surface area contributed by atoms with Gasteiger partial charge in [-0.15, -0.1) is 0 Å². The van der Waals surface area contributed by atoms with Crippen LogP contribution in [0.2, 0.25) is 0 Å². The van der Waals surface area contributed by atoms with Gasteiger partial charge in [0.15, 0.2) is 11.2 Å². The van der Waals surface area contributed by atoms with Crippen molar-refractivity contribution in [2.45, 2.75) is 49.2 Å². The number of methoxy groups -OCH3 is 1. The average molecular weight is 471 g/mol. The lowest BCUT2D eigenvalue weighted by Gasteiger charge is -2.40. The predicted molar refractivity (Wildman–Crippen MR) is 118 cm³/mol. The molecule has 1 aliphatic carbocycles. The van der Waals surface area contributed by atoms with Crippen molar-refractivity contribution in [3.63, 3.8) is 0 Å². The van der Waals surface area contributed by atoms with Crippen LogP contribution in [0.3, 0.4) is 0 Å².